The van der Waals surface area contributed by atoms with Gasteiger partial charge >= 0.3 is 0 Å². The Bertz CT molecular complexity index is 358. The quantitative estimate of drug-likeness (QED) is 0.700. The van der Waals surface area contributed by atoms with Gasteiger partial charge in [-0.3, -0.25) is 0 Å². The van der Waals surface area contributed by atoms with Crippen LogP contribution in [0.15, 0.2) is 0 Å². The van der Waals surface area contributed by atoms with Crippen LogP contribution in [0.2, 0.25) is 0 Å². The Labute approximate surface area is 127 Å². The van der Waals surface area contributed by atoms with Crippen LogP contribution < -0.4 is 5.32 Å². The van der Waals surface area contributed by atoms with Crippen LogP contribution in [0.4, 0.5) is 0 Å². The van der Waals surface area contributed by atoms with E-state index in [1.165, 1.54) is 61.4 Å². The summed E-state index contributed by atoms with van der Waals surface area (Å²) in [7, 11) is 0. The van der Waals surface area contributed by atoms with E-state index in [2.05, 4.69) is 22.4 Å². The molecule has 0 aliphatic heterocycles. The lowest BCUT2D eigenvalue weighted by molar-refractivity contribution is 0.339. The summed E-state index contributed by atoms with van der Waals surface area (Å²) >= 11 is 1.84. The molecule has 1 aromatic rings. The van der Waals surface area contributed by atoms with Crippen LogP contribution in [0, 0.1) is 5.92 Å². The largest absolute Gasteiger partial charge is 0.317 e. The summed E-state index contributed by atoms with van der Waals surface area (Å²) in [6.45, 7) is 4.43. The Morgan fingerprint density at radius 3 is 2.55 bits per heavy atom. The third-order valence-electron chi connectivity index (χ3n) is 4.17. The SMILES string of the molecule is CCCNCCCc1nnc(CCC2CCCCC2)s1. The summed E-state index contributed by atoms with van der Waals surface area (Å²) in [5.41, 5.74) is 0. The summed E-state index contributed by atoms with van der Waals surface area (Å²) in [5, 5.41) is 14.6. The van der Waals surface area contributed by atoms with Crippen molar-refractivity contribution in [3.63, 3.8) is 0 Å². The van der Waals surface area contributed by atoms with E-state index in [0.29, 0.717) is 0 Å². The van der Waals surface area contributed by atoms with Crippen LogP contribution in [0.5, 0.6) is 0 Å². The minimum atomic E-state index is 0.953. The highest BCUT2D eigenvalue weighted by atomic mass is 32.1. The minimum absolute atomic E-state index is 0.953. The lowest BCUT2D eigenvalue weighted by atomic mass is 9.86. The molecule has 0 saturated heterocycles. The summed E-state index contributed by atoms with van der Waals surface area (Å²) < 4.78 is 0. The maximum atomic E-state index is 4.36. The van der Waals surface area contributed by atoms with Crippen LogP contribution in [0.3, 0.4) is 0 Å². The molecule has 1 fully saturated rings. The van der Waals surface area contributed by atoms with E-state index in [-0.39, 0.29) is 0 Å². The normalized spacial score (nSPS) is 16.6. The monoisotopic (exact) mass is 295 g/mol. The molecule has 1 aromatic heterocycles. The third kappa shape index (κ3) is 5.88. The molecular weight excluding hydrogens is 266 g/mol. The first-order valence-electron chi connectivity index (χ1n) is 8.40. The second-order valence-corrected chi connectivity index (χ2v) is 7.13. The van der Waals surface area contributed by atoms with Gasteiger partial charge in [-0.15, -0.1) is 21.5 Å². The maximum Gasteiger partial charge on any atom is 0.117 e. The summed E-state index contributed by atoms with van der Waals surface area (Å²) in [6, 6.07) is 0. The minimum Gasteiger partial charge on any atom is -0.317 e. The van der Waals surface area contributed by atoms with Crippen molar-refractivity contribution < 1.29 is 0 Å². The van der Waals surface area contributed by atoms with Gasteiger partial charge in [0.15, 0.2) is 0 Å². The fraction of sp³-hybridized carbons (Fsp3) is 0.875. The molecular formula is C16H29N3S. The molecule has 0 spiro atoms. The van der Waals surface area contributed by atoms with Crippen molar-refractivity contribution >= 4 is 11.3 Å². The van der Waals surface area contributed by atoms with E-state index in [1.807, 2.05) is 11.3 Å². The number of nitrogens with zero attached hydrogens (tertiary/aromatic N) is 2. The molecule has 0 aromatic carbocycles. The average molecular weight is 295 g/mol. The zero-order chi connectivity index (χ0) is 14.0. The Balaban J connectivity index is 1.61. The molecule has 20 heavy (non-hydrogen) atoms. The first-order chi connectivity index (χ1) is 9.88. The van der Waals surface area contributed by atoms with Crippen molar-refractivity contribution in [3.05, 3.63) is 10.0 Å². The molecule has 3 nitrogen and oxygen atoms in total. The molecule has 1 N–H and O–H groups in total. The molecule has 1 aliphatic rings. The van der Waals surface area contributed by atoms with Crippen LogP contribution in [0.1, 0.15) is 68.3 Å². The molecule has 2 rings (SSSR count). The van der Waals surface area contributed by atoms with Gasteiger partial charge in [-0.05, 0) is 38.3 Å². The second-order valence-electron chi connectivity index (χ2n) is 5.99. The van der Waals surface area contributed by atoms with Gasteiger partial charge < -0.3 is 5.32 Å². The molecule has 0 bridgehead atoms. The Hall–Kier alpha value is -0.480. The van der Waals surface area contributed by atoms with E-state index in [1.54, 1.807) is 0 Å². The van der Waals surface area contributed by atoms with E-state index in [4.69, 9.17) is 0 Å². The predicted molar refractivity (Wildman–Crippen MR) is 86.3 cm³/mol. The van der Waals surface area contributed by atoms with Crippen LogP contribution >= 0.6 is 11.3 Å². The Kier molecular flexibility index (Phi) is 7.52. The molecule has 0 unspecified atom stereocenters. The van der Waals surface area contributed by atoms with Crippen molar-refractivity contribution in [3.8, 4) is 0 Å². The lowest BCUT2D eigenvalue weighted by Crippen LogP contribution is -2.16. The van der Waals surface area contributed by atoms with E-state index < -0.39 is 0 Å². The summed E-state index contributed by atoms with van der Waals surface area (Å²) in [4.78, 5) is 0. The summed E-state index contributed by atoms with van der Waals surface area (Å²) in [6.07, 6.45) is 13.2. The van der Waals surface area contributed by atoms with Gasteiger partial charge in [0, 0.05) is 12.8 Å². The van der Waals surface area contributed by atoms with Crippen LogP contribution in [-0.2, 0) is 12.8 Å². The topological polar surface area (TPSA) is 37.8 Å². The average Bonchev–Trinajstić information content (AvgIpc) is 2.94. The predicted octanol–water partition coefficient (Wildman–Crippen LogP) is 3.98. The molecule has 4 heteroatoms. The number of hydrogen-bond acceptors (Lipinski definition) is 4. The number of aromatic nitrogens is 2. The molecule has 1 aliphatic carbocycles. The van der Waals surface area contributed by atoms with E-state index in [9.17, 15) is 0 Å². The highest BCUT2D eigenvalue weighted by Crippen LogP contribution is 2.28. The zero-order valence-electron chi connectivity index (χ0n) is 12.9. The summed E-state index contributed by atoms with van der Waals surface area (Å²) in [5.74, 6) is 0.953. The van der Waals surface area contributed by atoms with Gasteiger partial charge in [0.25, 0.3) is 0 Å². The van der Waals surface area contributed by atoms with Gasteiger partial charge in [-0.1, -0.05) is 39.0 Å². The van der Waals surface area contributed by atoms with Crippen molar-refractivity contribution in [1.82, 2.24) is 15.5 Å². The first kappa shape index (κ1) is 15.9. The molecule has 0 amide bonds. The molecule has 1 heterocycles. The number of aryl methyl sites for hydroxylation is 2. The highest BCUT2D eigenvalue weighted by Gasteiger charge is 2.14. The molecule has 114 valence electrons. The van der Waals surface area contributed by atoms with Gasteiger partial charge in [-0.2, -0.15) is 0 Å². The molecule has 0 atom stereocenters. The Morgan fingerprint density at radius 1 is 1.05 bits per heavy atom. The fourth-order valence-electron chi connectivity index (χ4n) is 2.96. The van der Waals surface area contributed by atoms with Gasteiger partial charge in [-0.25, -0.2) is 0 Å². The number of nitrogens with one attached hydrogen (secondary N) is 1. The highest BCUT2D eigenvalue weighted by molar-refractivity contribution is 7.11. The van der Waals surface area contributed by atoms with E-state index >= 15 is 0 Å². The fourth-order valence-corrected chi connectivity index (χ4v) is 3.86. The molecule has 1 saturated carbocycles. The lowest BCUT2D eigenvalue weighted by Gasteiger charge is -2.20. The van der Waals surface area contributed by atoms with Crippen molar-refractivity contribution in [2.24, 2.45) is 5.92 Å². The van der Waals surface area contributed by atoms with E-state index in [0.717, 1.165) is 31.8 Å². The smallest absolute Gasteiger partial charge is 0.117 e. The van der Waals surface area contributed by atoms with Crippen molar-refractivity contribution in [2.45, 2.75) is 71.1 Å². The van der Waals surface area contributed by atoms with Crippen LogP contribution in [0.25, 0.3) is 0 Å². The van der Waals surface area contributed by atoms with Gasteiger partial charge in [0.2, 0.25) is 0 Å². The Morgan fingerprint density at radius 2 is 1.80 bits per heavy atom. The number of hydrogen-bond donors (Lipinski definition) is 1. The maximum absolute atomic E-state index is 4.36. The zero-order valence-corrected chi connectivity index (χ0v) is 13.7. The van der Waals surface area contributed by atoms with Crippen molar-refractivity contribution in [1.29, 1.82) is 0 Å². The van der Waals surface area contributed by atoms with Crippen molar-refractivity contribution in [2.75, 3.05) is 13.1 Å². The van der Waals surface area contributed by atoms with Crippen LogP contribution in [-0.4, -0.2) is 23.3 Å². The first-order valence-corrected chi connectivity index (χ1v) is 9.22. The van der Waals surface area contributed by atoms with Gasteiger partial charge in [0.05, 0.1) is 0 Å². The standard InChI is InChI=1S/C16H29N3S/c1-2-12-17-13-6-9-15-18-19-16(20-15)11-10-14-7-4-3-5-8-14/h14,17H,2-13H2,1H3. The molecule has 0 radical (unpaired) electrons. The third-order valence-corrected chi connectivity index (χ3v) is 5.21. The second kappa shape index (κ2) is 9.46. The number of rotatable bonds is 9. The van der Waals surface area contributed by atoms with Gasteiger partial charge in [0.1, 0.15) is 10.0 Å².